The first-order valence-electron chi connectivity index (χ1n) is 11.8. The molecule has 0 aliphatic carbocycles. The minimum absolute atomic E-state index is 0.216. The first-order chi connectivity index (χ1) is 16.0. The standard InChI is InChI=1S/C27H32N4O2/c1-28-13-4-5-19-6-8-20(9-7-19)23-16-25(22-11-10-21(33-3)15-24(22)29-23)31-14-12-27(18-31)17-30(2)26(27)32/h6-11,15-16,28H,4-5,12-14,17-18H2,1-3H3. The summed E-state index contributed by atoms with van der Waals surface area (Å²) in [6.45, 7) is 3.52. The summed E-state index contributed by atoms with van der Waals surface area (Å²) in [6, 6.07) is 17.0. The van der Waals surface area contributed by atoms with Gasteiger partial charge in [0.25, 0.3) is 0 Å². The van der Waals surface area contributed by atoms with Gasteiger partial charge in [-0.05, 0) is 56.6 Å². The zero-order valence-electron chi connectivity index (χ0n) is 19.7. The quantitative estimate of drug-likeness (QED) is 0.445. The van der Waals surface area contributed by atoms with Crippen LogP contribution in [0, 0.1) is 5.41 Å². The van der Waals surface area contributed by atoms with Gasteiger partial charge in [0.2, 0.25) is 5.91 Å². The molecule has 1 amide bonds. The van der Waals surface area contributed by atoms with Crippen LogP contribution in [0.5, 0.6) is 5.75 Å². The normalized spacial score (nSPS) is 20.0. The summed E-state index contributed by atoms with van der Waals surface area (Å²) >= 11 is 0. The molecule has 1 N–H and O–H groups in total. The van der Waals surface area contributed by atoms with Crippen LogP contribution in [0.1, 0.15) is 18.4 Å². The van der Waals surface area contributed by atoms with Crippen molar-refractivity contribution in [3.63, 3.8) is 0 Å². The number of hydrogen-bond donors (Lipinski definition) is 1. The molecule has 6 nitrogen and oxygen atoms in total. The molecule has 2 fully saturated rings. The molecule has 6 heteroatoms. The van der Waals surface area contributed by atoms with E-state index in [4.69, 9.17) is 9.72 Å². The number of nitrogens with one attached hydrogen (secondary N) is 1. The van der Waals surface area contributed by atoms with Crippen LogP contribution in [0.2, 0.25) is 0 Å². The smallest absolute Gasteiger partial charge is 0.232 e. The number of hydrogen-bond acceptors (Lipinski definition) is 5. The van der Waals surface area contributed by atoms with Crippen LogP contribution in [-0.2, 0) is 11.2 Å². The lowest BCUT2D eigenvalue weighted by Gasteiger charge is -2.44. The van der Waals surface area contributed by atoms with Crippen molar-refractivity contribution < 1.29 is 9.53 Å². The molecule has 1 spiro atoms. The Kier molecular flexibility index (Phi) is 5.71. The molecule has 33 heavy (non-hydrogen) atoms. The van der Waals surface area contributed by atoms with Crippen LogP contribution in [0.25, 0.3) is 22.2 Å². The van der Waals surface area contributed by atoms with Gasteiger partial charge >= 0.3 is 0 Å². The maximum atomic E-state index is 12.6. The Balaban J connectivity index is 1.50. The van der Waals surface area contributed by atoms with Crippen LogP contribution in [0.15, 0.2) is 48.5 Å². The number of aryl methyl sites for hydroxylation is 1. The number of carbonyl (C=O) groups is 1. The van der Waals surface area contributed by atoms with E-state index in [-0.39, 0.29) is 11.3 Å². The number of likely N-dealkylation sites (tertiary alicyclic amines) is 1. The highest BCUT2D eigenvalue weighted by Crippen LogP contribution is 2.43. The van der Waals surface area contributed by atoms with Gasteiger partial charge in [0, 0.05) is 49.4 Å². The van der Waals surface area contributed by atoms with Gasteiger partial charge in [-0.3, -0.25) is 4.79 Å². The summed E-state index contributed by atoms with van der Waals surface area (Å²) < 4.78 is 5.47. The zero-order chi connectivity index (χ0) is 23.0. The number of carbonyl (C=O) groups excluding carboxylic acids is 1. The minimum atomic E-state index is -0.216. The Morgan fingerprint density at radius 3 is 2.64 bits per heavy atom. The number of nitrogens with zero attached hydrogens (tertiary/aromatic N) is 3. The van der Waals surface area contributed by atoms with E-state index in [2.05, 4.69) is 46.6 Å². The molecule has 5 rings (SSSR count). The third-order valence-corrected chi connectivity index (χ3v) is 7.17. The Labute approximate surface area is 195 Å². The Morgan fingerprint density at radius 2 is 1.94 bits per heavy atom. The predicted octanol–water partition coefficient (Wildman–Crippen LogP) is 3.73. The fraction of sp³-hybridized carbons (Fsp3) is 0.407. The third-order valence-electron chi connectivity index (χ3n) is 7.17. The van der Waals surface area contributed by atoms with E-state index < -0.39 is 0 Å². The largest absolute Gasteiger partial charge is 0.497 e. The van der Waals surface area contributed by atoms with Gasteiger partial charge in [0.1, 0.15) is 5.75 Å². The van der Waals surface area contributed by atoms with Crippen molar-refractivity contribution in [1.29, 1.82) is 0 Å². The van der Waals surface area contributed by atoms with Gasteiger partial charge in [0.15, 0.2) is 0 Å². The lowest BCUT2D eigenvalue weighted by Crippen LogP contribution is -2.60. The second kappa shape index (κ2) is 8.67. The second-order valence-electron chi connectivity index (χ2n) is 9.43. The summed E-state index contributed by atoms with van der Waals surface area (Å²) in [6.07, 6.45) is 3.10. The van der Waals surface area contributed by atoms with Crippen molar-refractivity contribution in [2.45, 2.75) is 19.3 Å². The van der Waals surface area contributed by atoms with Crippen molar-refractivity contribution in [2.75, 3.05) is 52.3 Å². The number of methoxy groups -OCH3 is 1. The first-order valence-corrected chi connectivity index (χ1v) is 11.8. The number of β-lactam (4-membered cyclic amide) rings is 1. The number of pyridine rings is 1. The molecule has 0 saturated carbocycles. The number of fused-ring (bicyclic) bond motifs is 1. The highest BCUT2D eigenvalue weighted by Gasteiger charge is 2.54. The number of rotatable bonds is 7. The van der Waals surface area contributed by atoms with Gasteiger partial charge in [-0.2, -0.15) is 0 Å². The van der Waals surface area contributed by atoms with Crippen molar-refractivity contribution in [3.05, 3.63) is 54.1 Å². The van der Waals surface area contributed by atoms with Gasteiger partial charge < -0.3 is 19.9 Å². The number of anilines is 1. The number of aromatic nitrogens is 1. The number of amides is 1. The maximum Gasteiger partial charge on any atom is 0.232 e. The Bertz CT molecular complexity index is 1180. The van der Waals surface area contributed by atoms with E-state index in [0.717, 1.165) is 79.0 Å². The van der Waals surface area contributed by atoms with E-state index in [0.29, 0.717) is 0 Å². The fourth-order valence-electron chi connectivity index (χ4n) is 5.33. The van der Waals surface area contributed by atoms with E-state index in [1.54, 1.807) is 7.11 Å². The molecule has 1 unspecified atom stereocenters. The molecule has 3 heterocycles. The lowest BCUT2D eigenvalue weighted by molar-refractivity contribution is -0.155. The van der Waals surface area contributed by atoms with Crippen molar-refractivity contribution in [2.24, 2.45) is 5.41 Å². The Hall–Kier alpha value is -3.12. The summed E-state index contributed by atoms with van der Waals surface area (Å²) in [4.78, 5) is 21.8. The van der Waals surface area contributed by atoms with E-state index in [9.17, 15) is 4.79 Å². The zero-order valence-corrected chi connectivity index (χ0v) is 19.7. The van der Waals surface area contributed by atoms with Crippen molar-refractivity contribution >= 4 is 22.5 Å². The molecular formula is C27H32N4O2. The molecule has 2 saturated heterocycles. The average Bonchev–Trinajstić information content (AvgIpc) is 3.30. The second-order valence-corrected chi connectivity index (χ2v) is 9.43. The summed E-state index contributed by atoms with van der Waals surface area (Å²) in [7, 11) is 5.56. The topological polar surface area (TPSA) is 57.7 Å². The molecule has 2 aliphatic heterocycles. The summed E-state index contributed by atoms with van der Waals surface area (Å²) in [5.41, 5.74) is 5.24. The SMILES string of the molecule is CNCCCc1ccc(-c2cc(N3CCC4(CN(C)C4=O)C3)c3ccc(OC)cc3n2)cc1. The van der Waals surface area contributed by atoms with E-state index >= 15 is 0 Å². The molecule has 3 aromatic rings. The van der Waals surface area contributed by atoms with Crippen LogP contribution in [0.3, 0.4) is 0 Å². The molecule has 172 valence electrons. The fourth-order valence-corrected chi connectivity index (χ4v) is 5.33. The van der Waals surface area contributed by atoms with Gasteiger partial charge in [-0.15, -0.1) is 0 Å². The van der Waals surface area contributed by atoms with Crippen molar-refractivity contribution in [1.82, 2.24) is 15.2 Å². The molecule has 2 aliphatic rings. The van der Waals surface area contributed by atoms with E-state index in [1.165, 1.54) is 5.56 Å². The summed E-state index contributed by atoms with van der Waals surface area (Å²) in [5, 5.41) is 4.30. The van der Waals surface area contributed by atoms with Crippen LogP contribution in [-0.4, -0.2) is 63.2 Å². The molecule has 1 aromatic heterocycles. The van der Waals surface area contributed by atoms with Crippen LogP contribution < -0.4 is 15.0 Å². The molecule has 1 atom stereocenters. The maximum absolute atomic E-state index is 12.6. The Morgan fingerprint density at radius 1 is 1.12 bits per heavy atom. The van der Waals surface area contributed by atoms with Gasteiger partial charge in [-0.25, -0.2) is 4.98 Å². The predicted molar refractivity (Wildman–Crippen MR) is 133 cm³/mol. The molecule has 0 radical (unpaired) electrons. The third kappa shape index (κ3) is 3.93. The first kappa shape index (κ1) is 21.7. The highest BCUT2D eigenvalue weighted by atomic mass is 16.5. The average molecular weight is 445 g/mol. The van der Waals surface area contributed by atoms with Gasteiger partial charge in [-0.1, -0.05) is 24.3 Å². The minimum Gasteiger partial charge on any atom is -0.497 e. The van der Waals surface area contributed by atoms with E-state index in [1.807, 2.05) is 31.1 Å². The van der Waals surface area contributed by atoms with Gasteiger partial charge in [0.05, 0.1) is 23.7 Å². The monoisotopic (exact) mass is 444 g/mol. The number of ether oxygens (including phenoxy) is 1. The molecule has 2 aromatic carbocycles. The summed E-state index contributed by atoms with van der Waals surface area (Å²) in [5.74, 6) is 1.07. The van der Waals surface area contributed by atoms with Crippen LogP contribution in [0.4, 0.5) is 5.69 Å². The number of benzene rings is 2. The van der Waals surface area contributed by atoms with Crippen LogP contribution >= 0.6 is 0 Å². The molecule has 0 bridgehead atoms. The molecular weight excluding hydrogens is 412 g/mol. The highest BCUT2D eigenvalue weighted by molar-refractivity contribution is 5.96. The van der Waals surface area contributed by atoms with Crippen molar-refractivity contribution in [3.8, 4) is 17.0 Å². The lowest BCUT2D eigenvalue weighted by atomic mass is 9.78.